The van der Waals surface area contributed by atoms with Crippen LogP contribution in [0, 0.1) is 5.82 Å². The second-order valence-electron chi connectivity index (χ2n) is 6.12. The van der Waals surface area contributed by atoms with E-state index in [-0.39, 0.29) is 29.8 Å². The van der Waals surface area contributed by atoms with Crippen LogP contribution in [0.5, 0.6) is 0 Å². The van der Waals surface area contributed by atoms with Crippen molar-refractivity contribution in [1.82, 2.24) is 20.4 Å². The second kappa shape index (κ2) is 10.8. The van der Waals surface area contributed by atoms with Gasteiger partial charge in [0.15, 0.2) is 5.96 Å². The highest BCUT2D eigenvalue weighted by molar-refractivity contribution is 14.0. The molecule has 7 heteroatoms. The molecule has 1 heterocycles. The third kappa shape index (κ3) is 6.52. The van der Waals surface area contributed by atoms with Gasteiger partial charge in [-0.1, -0.05) is 18.2 Å². The summed E-state index contributed by atoms with van der Waals surface area (Å²) in [6.07, 6.45) is 0.638. The predicted octanol–water partition coefficient (Wildman–Crippen LogP) is 1.40. The number of rotatable bonds is 5. The number of halogens is 2. The number of hydrogen-bond donors (Lipinski definition) is 2. The van der Waals surface area contributed by atoms with E-state index in [2.05, 4.69) is 39.5 Å². The monoisotopic (exact) mass is 449 g/mol. The molecule has 0 aromatic heterocycles. The Morgan fingerprint density at radius 3 is 2.71 bits per heavy atom. The number of hydrogen-bond acceptors (Lipinski definition) is 3. The fourth-order valence-electron chi connectivity index (χ4n) is 2.77. The van der Waals surface area contributed by atoms with Gasteiger partial charge in [-0.25, -0.2) is 4.39 Å². The molecule has 1 unspecified atom stereocenters. The normalized spacial score (nSPS) is 19.7. The van der Waals surface area contributed by atoms with Crippen molar-refractivity contribution in [3.63, 3.8) is 0 Å². The van der Waals surface area contributed by atoms with Crippen LogP contribution in [0.15, 0.2) is 29.3 Å². The lowest BCUT2D eigenvalue weighted by molar-refractivity contribution is 0.116. The van der Waals surface area contributed by atoms with Crippen LogP contribution in [0.25, 0.3) is 0 Å². The molecule has 1 fully saturated rings. The van der Waals surface area contributed by atoms with E-state index in [1.54, 1.807) is 13.1 Å². The number of guanidine groups is 1. The number of benzene rings is 1. The number of aliphatic imine (C=N–C) groups is 1. The van der Waals surface area contributed by atoms with Crippen LogP contribution in [-0.2, 0) is 6.42 Å². The molecule has 0 aliphatic carbocycles. The van der Waals surface area contributed by atoms with Gasteiger partial charge in [0.25, 0.3) is 0 Å². The minimum atomic E-state index is -0.149. The third-order valence-electron chi connectivity index (χ3n) is 4.35. The van der Waals surface area contributed by atoms with Crippen molar-refractivity contribution in [2.45, 2.75) is 12.5 Å². The molecule has 0 radical (unpaired) electrons. The van der Waals surface area contributed by atoms with Crippen molar-refractivity contribution in [3.8, 4) is 0 Å². The van der Waals surface area contributed by atoms with Crippen molar-refractivity contribution in [1.29, 1.82) is 0 Å². The van der Waals surface area contributed by atoms with Gasteiger partial charge in [-0.05, 0) is 32.1 Å². The van der Waals surface area contributed by atoms with Crippen LogP contribution in [0.3, 0.4) is 0 Å². The lowest BCUT2D eigenvalue weighted by Crippen LogP contribution is -2.55. The molecule has 24 heavy (non-hydrogen) atoms. The number of likely N-dealkylation sites (N-methyl/N-ethyl adjacent to an activating group) is 2. The highest BCUT2D eigenvalue weighted by Crippen LogP contribution is 2.06. The van der Waals surface area contributed by atoms with Crippen LogP contribution in [-0.4, -0.2) is 75.7 Å². The molecule has 0 spiro atoms. The summed E-state index contributed by atoms with van der Waals surface area (Å²) in [5.41, 5.74) is 0.726. The van der Waals surface area contributed by atoms with Crippen molar-refractivity contribution in [2.75, 3.05) is 53.9 Å². The molecule has 5 nitrogen and oxygen atoms in total. The SMILES string of the molecule is CN=C(NCCc1ccccc1F)NCC1CN(C)CCN1C.I. The van der Waals surface area contributed by atoms with Crippen molar-refractivity contribution >= 4 is 29.9 Å². The van der Waals surface area contributed by atoms with E-state index in [1.165, 1.54) is 6.07 Å². The Bertz CT molecular complexity index is 525. The smallest absolute Gasteiger partial charge is 0.191 e. The minimum Gasteiger partial charge on any atom is -0.356 e. The average molecular weight is 449 g/mol. The maximum atomic E-state index is 13.6. The first kappa shape index (κ1) is 21.1. The zero-order valence-electron chi connectivity index (χ0n) is 14.8. The summed E-state index contributed by atoms with van der Waals surface area (Å²) in [7, 11) is 6.07. The molecule has 1 atom stereocenters. The summed E-state index contributed by atoms with van der Waals surface area (Å²) >= 11 is 0. The topological polar surface area (TPSA) is 42.9 Å². The van der Waals surface area contributed by atoms with Gasteiger partial charge >= 0.3 is 0 Å². The largest absolute Gasteiger partial charge is 0.356 e. The van der Waals surface area contributed by atoms with Gasteiger partial charge < -0.3 is 15.5 Å². The summed E-state index contributed by atoms with van der Waals surface area (Å²) in [5.74, 6) is 0.618. The van der Waals surface area contributed by atoms with Gasteiger partial charge in [0.1, 0.15) is 5.82 Å². The number of nitrogens with one attached hydrogen (secondary N) is 2. The Kier molecular flexibility index (Phi) is 9.53. The van der Waals surface area contributed by atoms with E-state index in [0.717, 1.165) is 37.7 Å². The van der Waals surface area contributed by atoms with E-state index in [4.69, 9.17) is 0 Å². The summed E-state index contributed by atoms with van der Waals surface area (Å²) in [6, 6.07) is 7.36. The first-order valence-corrected chi connectivity index (χ1v) is 8.17. The van der Waals surface area contributed by atoms with Crippen LogP contribution < -0.4 is 10.6 Å². The van der Waals surface area contributed by atoms with Gasteiger partial charge in [0.2, 0.25) is 0 Å². The minimum absolute atomic E-state index is 0. The van der Waals surface area contributed by atoms with Crippen LogP contribution in [0.1, 0.15) is 5.56 Å². The lowest BCUT2D eigenvalue weighted by atomic mass is 10.1. The standard InChI is InChI=1S/C17H28FN5.HI/c1-19-17(20-9-8-14-6-4-5-7-16(14)18)21-12-15-13-22(2)10-11-23(15)3;/h4-7,15H,8-13H2,1-3H3,(H2,19,20,21);1H. The van der Waals surface area contributed by atoms with Crippen molar-refractivity contribution < 1.29 is 4.39 Å². The fourth-order valence-corrected chi connectivity index (χ4v) is 2.77. The highest BCUT2D eigenvalue weighted by atomic mass is 127. The maximum Gasteiger partial charge on any atom is 0.191 e. The molecule has 2 rings (SSSR count). The quantitative estimate of drug-likeness (QED) is 0.405. The lowest BCUT2D eigenvalue weighted by Gasteiger charge is -2.37. The van der Waals surface area contributed by atoms with Gasteiger partial charge in [-0.15, -0.1) is 24.0 Å². The molecule has 2 N–H and O–H groups in total. The fraction of sp³-hybridized carbons (Fsp3) is 0.588. The molecule has 1 aromatic carbocycles. The van der Waals surface area contributed by atoms with E-state index in [0.29, 0.717) is 19.0 Å². The molecular formula is C17H29FIN5. The summed E-state index contributed by atoms with van der Waals surface area (Å²) in [6.45, 7) is 4.75. The first-order chi connectivity index (χ1) is 11.1. The Balaban J connectivity index is 0.00000288. The predicted molar refractivity (Wildman–Crippen MR) is 109 cm³/mol. The first-order valence-electron chi connectivity index (χ1n) is 8.17. The van der Waals surface area contributed by atoms with Gasteiger partial charge in [0.05, 0.1) is 0 Å². The van der Waals surface area contributed by atoms with E-state index < -0.39 is 0 Å². The summed E-state index contributed by atoms with van der Waals surface area (Å²) in [4.78, 5) is 8.96. The zero-order valence-corrected chi connectivity index (χ0v) is 17.1. The number of nitrogens with zero attached hydrogens (tertiary/aromatic N) is 3. The molecule has 1 aliphatic heterocycles. The molecular weight excluding hydrogens is 420 g/mol. The Hall–Kier alpha value is -0.930. The van der Waals surface area contributed by atoms with E-state index in [1.807, 2.05) is 12.1 Å². The maximum absolute atomic E-state index is 13.6. The third-order valence-corrected chi connectivity index (χ3v) is 4.35. The molecule has 136 valence electrons. The zero-order chi connectivity index (χ0) is 16.7. The number of piperazine rings is 1. The summed E-state index contributed by atoms with van der Waals surface area (Å²) < 4.78 is 13.6. The van der Waals surface area contributed by atoms with Crippen LogP contribution >= 0.6 is 24.0 Å². The van der Waals surface area contributed by atoms with Crippen molar-refractivity contribution in [3.05, 3.63) is 35.6 Å². The Labute approximate surface area is 161 Å². The van der Waals surface area contributed by atoms with Gasteiger partial charge in [-0.2, -0.15) is 0 Å². The van der Waals surface area contributed by atoms with Crippen LogP contribution in [0.2, 0.25) is 0 Å². The van der Waals surface area contributed by atoms with E-state index in [9.17, 15) is 4.39 Å². The molecule has 0 bridgehead atoms. The van der Waals surface area contributed by atoms with Crippen LogP contribution in [0.4, 0.5) is 4.39 Å². The molecule has 0 saturated carbocycles. The van der Waals surface area contributed by atoms with Gasteiger partial charge in [-0.3, -0.25) is 9.89 Å². The molecule has 1 aromatic rings. The average Bonchev–Trinajstić information content (AvgIpc) is 2.55. The van der Waals surface area contributed by atoms with Crippen molar-refractivity contribution in [2.24, 2.45) is 4.99 Å². The molecule has 1 saturated heterocycles. The highest BCUT2D eigenvalue weighted by Gasteiger charge is 2.21. The summed E-state index contributed by atoms with van der Waals surface area (Å²) in [5, 5.41) is 6.62. The van der Waals surface area contributed by atoms with Gasteiger partial charge in [0, 0.05) is 45.8 Å². The van der Waals surface area contributed by atoms with E-state index >= 15 is 0 Å². The molecule has 1 aliphatic rings. The second-order valence-corrected chi connectivity index (χ2v) is 6.12. The Morgan fingerprint density at radius 1 is 1.25 bits per heavy atom. The Morgan fingerprint density at radius 2 is 2.00 bits per heavy atom. The molecule has 0 amide bonds.